The summed E-state index contributed by atoms with van der Waals surface area (Å²) >= 11 is 0. The van der Waals surface area contributed by atoms with Gasteiger partial charge in [0, 0.05) is 19.2 Å². The van der Waals surface area contributed by atoms with Gasteiger partial charge in [-0.3, -0.25) is 19.4 Å². The normalized spacial score (nSPS) is 11.5. The second-order valence-corrected chi connectivity index (χ2v) is 10.2. The molecule has 0 unspecified atom stereocenters. The molecule has 5 rings (SSSR count). The monoisotopic (exact) mass is 589 g/mol. The highest BCUT2D eigenvalue weighted by Crippen LogP contribution is 2.29. The molecule has 1 atom stereocenters. The molecule has 1 amide bonds. The van der Waals surface area contributed by atoms with E-state index in [1.54, 1.807) is 47.3 Å². The summed E-state index contributed by atoms with van der Waals surface area (Å²) in [5.74, 6) is 0.163. The minimum atomic E-state index is -0.593. The van der Waals surface area contributed by atoms with Crippen molar-refractivity contribution in [2.24, 2.45) is 0 Å². The Morgan fingerprint density at radius 2 is 1.80 bits per heavy atom. The first-order valence-corrected chi connectivity index (χ1v) is 13.9. The van der Waals surface area contributed by atoms with Crippen molar-refractivity contribution in [3.63, 3.8) is 0 Å². The van der Waals surface area contributed by atoms with E-state index in [1.165, 1.54) is 0 Å². The third-order valence-electron chi connectivity index (χ3n) is 7.31. The molecule has 222 valence electrons. The number of carbonyl (C=O) groups excluding carboxylic acids is 1. The lowest BCUT2D eigenvalue weighted by molar-refractivity contribution is 0.0706. The second kappa shape index (κ2) is 12.6. The van der Waals surface area contributed by atoms with Crippen LogP contribution >= 0.6 is 0 Å². The first-order chi connectivity index (χ1) is 21.2. The first kappa shape index (κ1) is 29.7. The Hall–Kier alpha value is -5.80. The van der Waals surface area contributed by atoms with Gasteiger partial charge in [0.2, 0.25) is 5.95 Å². The van der Waals surface area contributed by atoms with E-state index in [4.69, 9.17) is 15.9 Å². The topological polar surface area (TPSA) is 175 Å². The fraction of sp³-hybridized carbons (Fsp3) is 0.188. The van der Waals surface area contributed by atoms with Crippen molar-refractivity contribution in [3.05, 3.63) is 111 Å². The van der Waals surface area contributed by atoms with E-state index < -0.39 is 11.9 Å². The molecule has 0 saturated heterocycles. The second-order valence-electron chi connectivity index (χ2n) is 10.2. The highest BCUT2D eigenvalue weighted by Gasteiger charge is 2.24. The number of fused-ring (bicyclic) bond motifs is 1. The minimum absolute atomic E-state index is 0.0322. The number of para-hydroxylation sites is 1. The number of rotatable bonds is 9. The maximum absolute atomic E-state index is 14.5. The van der Waals surface area contributed by atoms with Gasteiger partial charge in [0.05, 0.1) is 34.0 Å². The van der Waals surface area contributed by atoms with Crippen molar-refractivity contribution in [1.29, 1.82) is 5.26 Å². The van der Waals surface area contributed by atoms with Crippen LogP contribution in [0.4, 0.5) is 17.5 Å². The standard InChI is InChI=1S/C32H31N9O3/c1-4-24(36-28-23(17-33)19(2)35-32(34)38-28)29-37-25-11-8-12-26(27(25)31(43)41(29)22-9-6-5-7-10-22)40(3)18-20-13-15-21(16-14-20)30(42)39-44/h5-16,24,44H,4,18H2,1-3H3,(H,39,42)(H3,34,35,36,38)/t24-/m0/s1. The van der Waals surface area contributed by atoms with Crippen LogP contribution in [-0.2, 0) is 6.54 Å². The smallest absolute Gasteiger partial charge is 0.274 e. The van der Waals surface area contributed by atoms with Crippen LogP contribution in [0.5, 0.6) is 0 Å². The lowest BCUT2D eigenvalue weighted by atomic mass is 10.1. The van der Waals surface area contributed by atoms with Gasteiger partial charge >= 0.3 is 0 Å². The third-order valence-corrected chi connectivity index (χ3v) is 7.31. The number of hydroxylamine groups is 1. The molecule has 2 heterocycles. The Morgan fingerprint density at radius 3 is 2.45 bits per heavy atom. The van der Waals surface area contributed by atoms with Crippen molar-refractivity contribution >= 4 is 34.3 Å². The number of amides is 1. The Bertz CT molecular complexity index is 1930. The summed E-state index contributed by atoms with van der Waals surface area (Å²) in [6.07, 6.45) is 0.516. The molecule has 3 aromatic carbocycles. The Kier molecular flexibility index (Phi) is 8.50. The molecule has 0 bridgehead atoms. The summed E-state index contributed by atoms with van der Waals surface area (Å²) in [7, 11) is 1.88. The van der Waals surface area contributed by atoms with Crippen LogP contribution in [0.2, 0.25) is 0 Å². The van der Waals surface area contributed by atoms with E-state index >= 15 is 0 Å². The van der Waals surface area contributed by atoms with Crippen molar-refractivity contribution in [3.8, 4) is 11.8 Å². The number of aryl methyl sites for hydroxylation is 1. The maximum Gasteiger partial charge on any atom is 0.274 e. The van der Waals surface area contributed by atoms with Gasteiger partial charge in [-0.15, -0.1) is 0 Å². The fourth-order valence-corrected chi connectivity index (χ4v) is 5.14. The number of nitriles is 1. The van der Waals surface area contributed by atoms with E-state index in [0.29, 0.717) is 52.3 Å². The van der Waals surface area contributed by atoms with Crippen molar-refractivity contribution in [2.75, 3.05) is 23.0 Å². The maximum atomic E-state index is 14.5. The van der Waals surface area contributed by atoms with E-state index in [1.807, 2.05) is 61.3 Å². The van der Waals surface area contributed by atoms with Crippen LogP contribution in [0.3, 0.4) is 0 Å². The minimum Gasteiger partial charge on any atom is -0.370 e. The Labute approximate surface area is 253 Å². The van der Waals surface area contributed by atoms with E-state index in [-0.39, 0.29) is 22.9 Å². The quantitative estimate of drug-likeness (QED) is 0.144. The van der Waals surface area contributed by atoms with Crippen molar-refractivity contribution in [2.45, 2.75) is 32.9 Å². The summed E-state index contributed by atoms with van der Waals surface area (Å²) in [4.78, 5) is 41.6. The van der Waals surface area contributed by atoms with E-state index in [2.05, 4.69) is 21.4 Å². The molecule has 0 aliphatic carbocycles. The van der Waals surface area contributed by atoms with E-state index in [9.17, 15) is 14.9 Å². The molecule has 0 aliphatic rings. The zero-order valence-corrected chi connectivity index (χ0v) is 24.4. The molecule has 0 radical (unpaired) electrons. The highest BCUT2D eigenvalue weighted by atomic mass is 16.5. The van der Waals surface area contributed by atoms with Gasteiger partial charge in [0.1, 0.15) is 23.3 Å². The van der Waals surface area contributed by atoms with Gasteiger partial charge in [0.15, 0.2) is 0 Å². The van der Waals surface area contributed by atoms with E-state index in [0.717, 1.165) is 5.56 Å². The molecule has 0 fully saturated rings. The predicted molar refractivity (Wildman–Crippen MR) is 168 cm³/mol. The highest BCUT2D eigenvalue weighted by molar-refractivity contribution is 5.93. The molecule has 0 aliphatic heterocycles. The number of nitrogens with one attached hydrogen (secondary N) is 2. The van der Waals surface area contributed by atoms with Crippen LogP contribution in [0, 0.1) is 18.3 Å². The predicted octanol–water partition coefficient (Wildman–Crippen LogP) is 4.26. The summed E-state index contributed by atoms with van der Waals surface area (Å²) in [5.41, 5.74) is 11.0. The van der Waals surface area contributed by atoms with Crippen LogP contribution in [-0.4, -0.2) is 37.7 Å². The number of benzene rings is 3. The molecule has 5 aromatic rings. The number of carbonyl (C=O) groups is 1. The summed E-state index contributed by atoms with van der Waals surface area (Å²) in [6, 6.07) is 23.2. The largest absolute Gasteiger partial charge is 0.370 e. The zero-order chi connectivity index (χ0) is 31.4. The molecule has 12 heteroatoms. The number of anilines is 3. The molecule has 2 aromatic heterocycles. The molecule has 0 spiro atoms. The Balaban J connectivity index is 1.63. The van der Waals surface area contributed by atoms with Crippen molar-refractivity contribution < 1.29 is 10.0 Å². The van der Waals surface area contributed by atoms with Gasteiger partial charge < -0.3 is 16.0 Å². The Morgan fingerprint density at radius 1 is 1.07 bits per heavy atom. The van der Waals surface area contributed by atoms with Crippen molar-refractivity contribution in [1.82, 2.24) is 25.0 Å². The zero-order valence-electron chi connectivity index (χ0n) is 24.4. The summed E-state index contributed by atoms with van der Waals surface area (Å²) in [5, 5.41) is 22.4. The fourth-order valence-electron chi connectivity index (χ4n) is 5.14. The van der Waals surface area contributed by atoms with Gasteiger partial charge in [0.25, 0.3) is 11.5 Å². The summed E-state index contributed by atoms with van der Waals surface area (Å²) in [6.45, 7) is 4.08. The molecule has 5 N–H and O–H groups in total. The lowest BCUT2D eigenvalue weighted by Gasteiger charge is -2.25. The molecular weight excluding hydrogens is 558 g/mol. The van der Waals surface area contributed by atoms with Crippen LogP contribution in [0.1, 0.15) is 52.4 Å². The van der Waals surface area contributed by atoms with Gasteiger partial charge in [-0.05, 0) is 55.3 Å². The van der Waals surface area contributed by atoms with Gasteiger partial charge in [-0.1, -0.05) is 43.3 Å². The first-order valence-electron chi connectivity index (χ1n) is 13.9. The third kappa shape index (κ3) is 5.77. The number of nitrogens with two attached hydrogens (primary N) is 1. The molecular formula is C32H31N9O3. The molecule has 44 heavy (non-hydrogen) atoms. The van der Waals surface area contributed by atoms with Gasteiger partial charge in [-0.25, -0.2) is 15.4 Å². The number of hydrogen-bond donors (Lipinski definition) is 4. The van der Waals surface area contributed by atoms with Crippen LogP contribution < -0.4 is 27.0 Å². The number of nitrogen functional groups attached to an aromatic ring is 1. The number of nitrogens with zero attached hydrogens (tertiary/aromatic N) is 6. The average Bonchev–Trinajstić information content (AvgIpc) is 3.03. The molecule has 0 saturated carbocycles. The lowest BCUT2D eigenvalue weighted by Crippen LogP contribution is -2.30. The SMILES string of the molecule is CC[C@H](Nc1nc(N)nc(C)c1C#N)c1nc2cccc(N(C)Cc3ccc(C(=O)NO)cc3)c2c(=O)n1-c1ccccc1. The van der Waals surface area contributed by atoms with Crippen LogP contribution in [0.25, 0.3) is 16.6 Å². The van der Waals surface area contributed by atoms with Gasteiger partial charge in [-0.2, -0.15) is 10.2 Å². The number of hydrogen-bond acceptors (Lipinski definition) is 10. The molecule has 12 nitrogen and oxygen atoms in total. The average molecular weight is 590 g/mol. The number of aromatic nitrogens is 4. The summed E-state index contributed by atoms with van der Waals surface area (Å²) < 4.78 is 1.59. The van der Waals surface area contributed by atoms with Crippen LogP contribution in [0.15, 0.2) is 77.6 Å².